The fourth-order valence-corrected chi connectivity index (χ4v) is 1.75. The molecular weight excluding hydrogens is 242 g/mol. The van der Waals surface area contributed by atoms with Gasteiger partial charge < -0.3 is 15.0 Å². The lowest BCUT2D eigenvalue weighted by molar-refractivity contribution is -0.0220. The Hall–Kier alpha value is -1.69. The van der Waals surface area contributed by atoms with E-state index >= 15 is 0 Å². The Balaban J connectivity index is 1.94. The molecule has 6 nitrogen and oxygen atoms in total. The maximum Gasteiger partial charge on any atom is 0.165 e. The van der Waals surface area contributed by atoms with Gasteiger partial charge in [0.15, 0.2) is 11.5 Å². The number of imidazole rings is 1. The van der Waals surface area contributed by atoms with Gasteiger partial charge in [0.05, 0.1) is 11.9 Å². The van der Waals surface area contributed by atoms with E-state index in [4.69, 9.17) is 10.5 Å². The Morgan fingerprint density at radius 2 is 2.11 bits per heavy atom. The highest BCUT2D eigenvalue weighted by Crippen LogP contribution is 2.16. The number of nitrogen functional groups attached to an aromatic ring is 1. The van der Waals surface area contributed by atoms with Crippen LogP contribution in [0.4, 0.5) is 5.82 Å². The number of rotatable bonds is 6. The summed E-state index contributed by atoms with van der Waals surface area (Å²) >= 11 is 0. The Kier molecular flexibility index (Phi) is 3.99. The number of nitrogens with two attached hydrogens (primary N) is 1. The van der Waals surface area contributed by atoms with Crippen molar-refractivity contribution >= 4 is 17.0 Å². The molecule has 0 amide bonds. The third-order valence-electron chi connectivity index (χ3n) is 3.32. The highest BCUT2D eigenvalue weighted by Gasteiger charge is 2.14. The van der Waals surface area contributed by atoms with Gasteiger partial charge in [-0.25, -0.2) is 15.0 Å². The molecule has 0 aliphatic carbocycles. The number of hydrogen-bond donors (Lipinski definition) is 1. The Labute approximate surface area is 113 Å². The van der Waals surface area contributed by atoms with Gasteiger partial charge in [-0.1, -0.05) is 6.92 Å². The first-order valence-electron chi connectivity index (χ1n) is 6.59. The van der Waals surface area contributed by atoms with E-state index in [0.29, 0.717) is 11.3 Å². The molecule has 2 rings (SSSR count). The molecule has 0 aliphatic rings. The molecule has 0 radical (unpaired) electrons. The van der Waals surface area contributed by atoms with Gasteiger partial charge in [-0.15, -0.1) is 0 Å². The minimum atomic E-state index is -0.0520. The van der Waals surface area contributed by atoms with Gasteiger partial charge in [-0.2, -0.15) is 0 Å². The predicted octanol–water partition coefficient (Wildman–Crippen LogP) is 2.00. The average Bonchev–Trinajstić information content (AvgIpc) is 2.80. The number of hydrogen-bond acceptors (Lipinski definition) is 5. The molecule has 2 heterocycles. The standard InChI is InChI=1S/C13H21N5O/c1-4-13(2,3)19-7-5-6-18-9-17-10-11(14)15-8-16-12(10)18/h8-9H,4-7H2,1-3H3,(H2,14,15,16). The van der Waals surface area contributed by atoms with Crippen LogP contribution in [0, 0.1) is 0 Å². The molecule has 2 aromatic rings. The summed E-state index contributed by atoms with van der Waals surface area (Å²) in [6.07, 6.45) is 5.14. The average molecular weight is 263 g/mol. The number of aryl methyl sites for hydroxylation is 1. The first kappa shape index (κ1) is 13.7. The van der Waals surface area contributed by atoms with Gasteiger partial charge in [0.1, 0.15) is 11.8 Å². The number of nitrogens with zero attached hydrogens (tertiary/aromatic N) is 4. The minimum Gasteiger partial charge on any atom is -0.382 e. The monoisotopic (exact) mass is 263 g/mol. The van der Waals surface area contributed by atoms with Crippen LogP contribution in [0.2, 0.25) is 0 Å². The lowest BCUT2D eigenvalue weighted by Gasteiger charge is -2.23. The van der Waals surface area contributed by atoms with E-state index in [1.807, 2.05) is 4.57 Å². The largest absolute Gasteiger partial charge is 0.382 e. The highest BCUT2D eigenvalue weighted by atomic mass is 16.5. The van der Waals surface area contributed by atoms with E-state index in [2.05, 4.69) is 35.7 Å². The molecule has 6 heteroatoms. The molecule has 104 valence electrons. The van der Waals surface area contributed by atoms with E-state index in [-0.39, 0.29) is 5.60 Å². The van der Waals surface area contributed by atoms with Crippen molar-refractivity contribution in [3.05, 3.63) is 12.7 Å². The van der Waals surface area contributed by atoms with Crippen LogP contribution in [0.15, 0.2) is 12.7 Å². The molecule has 0 aromatic carbocycles. The quantitative estimate of drug-likeness (QED) is 0.806. The van der Waals surface area contributed by atoms with Gasteiger partial charge in [0.2, 0.25) is 0 Å². The van der Waals surface area contributed by atoms with Gasteiger partial charge in [0.25, 0.3) is 0 Å². The molecule has 0 atom stereocenters. The van der Waals surface area contributed by atoms with Crippen molar-refractivity contribution in [3.8, 4) is 0 Å². The summed E-state index contributed by atoms with van der Waals surface area (Å²) in [5.74, 6) is 0.423. The Morgan fingerprint density at radius 3 is 2.84 bits per heavy atom. The first-order valence-corrected chi connectivity index (χ1v) is 6.59. The zero-order valence-electron chi connectivity index (χ0n) is 11.8. The van der Waals surface area contributed by atoms with Crippen molar-refractivity contribution in [2.24, 2.45) is 0 Å². The van der Waals surface area contributed by atoms with Gasteiger partial charge in [-0.3, -0.25) is 0 Å². The summed E-state index contributed by atoms with van der Waals surface area (Å²) in [7, 11) is 0. The minimum absolute atomic E-state index is 0.0520. The van der Waals surface area contributed by atoms with E-state index in [1.54, 1.807) is 6.33 Å². The zero-order valence-corrected chi connectivity index (χ0v) is 11.8. The summed E-state index contributed by atoms with van der Waals surface area (Å²) in [6.45, 7) is 7.87. The van der Waals surface area contributed by atoms with Crippen molar-refractivity contribution in [1.29, 1.82) is 0 Å². The highest BCUT2D eigenvalue weighted by molar-refractivity contribution is 5.80. The van der Waals surface area contributed by atoms with Crippen LogP contribution in [0.25, 0.3) is 11.2 Å². The molecule has 0 saturated carbocycles. The van der Waals surface area contributed by atoms with E-state index < -0.39 is 0 Å². The summed E-state index contributed by atoms with van der Waals surface area (Å²) in [5.41, 5.74) is 7.14. The van der Waals surface area contributed by atoms with Crippen molar-refractivity contribution in [2.75, 3.05) is 12.3 Å². The summed E-state index contributed by atoms with van der Waals surface area (Å²) < 4.78 is 7.80. The summed E-state index contributed by atoms with van der Waals surface area (Å²) in [5, 5.41) is 0. The lowest BCUT2D eigenvalue weighted by atomic mass is 10.1. The normalized spacial score (nSPS) is 12.2. The Morgan fingerprint density at radius 1 is 1.32 bits per heavy atom. The van der Waals surface area contributed by atoms with Crippen molar-refractivity contribution in [1.82, 2.24) is 19.5 Å². The van der Waals surface area contributed by atoms with Gasteiger partial charge in [-0.05, 0) is 26.7 Å². The molecule has 0 bridgehead atoms. The molecule has 2 N–H and O–H groups in total. The maximum absolute atomic E-state index is 5.82. The van der Waals surface area contributed by atoms with Crippen molar-refractivity contribution in [2.45, 2.75) is 45.8 Å². The van der Waals surface area contributed by atoms with E-state index in [9.17, 15) is 0 Å². The van der Waals surface area contributed by atoms with Crippen LogP contribution in [0.1, 0.15) is 33.6 Å². The second-order valence-corrected chi connectivity index (χ2v) is 5.18. The number of ether oxygens (including phenoxy) is 1. The molecule has 2 aromatic heterocycles. The van der Waals surface area contributed by atoms with E-state index in [1.165, 1.54) is 6.33 Å². The number of fused-ring (bicyclic) bond motifs is 1. The van der Waals surface area contributed by atoms with Crippen LogP contribution >= 0.6 is 0 Å². The zero-order chi connectivity index (χ0) is 13.9. The van der Waals surface area contributed by atoms with Crippen LogP contribution in [-0.2, 0) is 11.3 Å². The maximum atomic E-state index is 5.82. The van der Waals surface area contributed by atoms with Crippen molar-refractivity contribution < 1.29 is 4.74 Å². The SMILES string of the molecule is CCC(C)(C)OCCCn1cnc2c(N)ncnc21. The lowest BCUT2D eigenvalue weighted by Crippen LogP contribution is -2.24. The third-order valence-corrected chi connectivity index (χ3v) is 3.32. The van der Waals surface area contributed by atoms with Crippen LogP contribution in [-0.4, -0.2) is 31.7 Å². The summed E-state index contributed by atoms with van der Waals surface area (Å²) in [4.78, 5) is 12.4. The number of aromatic nitrogens is 4. The second-order valence-electron chi connectivity index (χ2n) is 5.18. The van der Waals surface area contributed by atoms with Crippen molar-refractivity contribution in [3.63, 3.8) is 0 Å². The fraction of sp³-hybridized carbons (Fsp3) is 0.615. The molecule has 0 aliphatic heterocycles. The molecule has 0 saturated heterocycles. The molecular formula is C13H21N5O. The Bertz CT molecular complexity index is 549. The third kappa shape index (κ3) is 3.20. The van der Waals surface area contributed by atoms with Crippen LogP contribution in [0.3, 0.4) is 0 Å². The van der Waals surface area contributed by atoms with Crippen LogP contribution in [0.5, 0.6) is 0 Å². The predicted molar refractivity (Wildman–Crippen MR) is 74.7 cm³/mol. The van der Waals surface area contributed by atoms with Crippen LogP contribution < -0.4 is 5.73 Å². The molecule has 19 heavy (non-hydrogen) atoms. The van der Waals surface area contributed by atoms with Gasteiger partial charge in [0, 0.05) is 13.2 Å². The topological polar surface area (TPSA) is 78.9 Å². The van der Waals surface area contributed by atoms with Gasteiger partial charge >= 0.3 is 0 Å². The second kappa shape index (κ2) is 5.52. The molecule has 0 unspecified atom stereocenters. The smallest absolute Gasteiger partial charge is 0.165 e. The van der Waals surface area contributed by atoms with E-state index in [0.717, 1.165) is 31.6 Å². The molecule has 0 spiro atoms. The number of anilines is 1. The fourth-order valence-electron chi connectivity index (χ4n) is 1.75. The first-order chi connectivity index (χ1) is 9.03. The summed E-state index contributed by atoms with van der Waals surface area (Å²) in [6, 6.07) is 0. The molecule has 0 fully saturated rings.